The molecule has 47 valence electrons. The van der Waals surface area contributed by atoms with Crippen LogP contribution in [0.5, 0.6) is 0 Å². The molecule has 2 heteroatoms. The fraction of sp³-hybridized carbons (Fsp3) is 0.667. The highest BCUT2D eigenvalue weighted by Crippen LogP contribution is 1.89. The summed E-state index contributed by atoms with van der Waals surface area (Å²) in [5, 5.41) is 0. The second kappa shape index (κ2) is 4.78. The third kappa shape index (κ3) is 2.75. The summed E-state index contributed by atoms with van der Waals surface area (Å²) >= 11 is 0. The molecule has 0 aromatic rings. The summed E-state index contributed by atoms with van der Waals surface area (Å²) in [7, 11) is 0. The summed E-state index contributed by atoms with van der Waals surface area (Å²) in [5.74, 6) is 0. The van der Waals surface area contributed by atoms with Crippen molar-refractivity contribution in [2.45, 2.75) is 20.0 Å². The second-order valence-electron chi connectivity index (χ2n) is 1.39. The molecule has 8 heavy (non-hydrogen) atoms. The molecule has 0 fully saturated rings. The van der Waals surface area contributed by atoms with Crippen LogP contribution in [0.3, 0.4) is 0 Å². The van der Waals surface area contributed by atoms with Gasteiger partial charge < -0.3 is 9.53 Å². The maximum absolute atomic E-state index is 9.97. The summed E-state index contributed by atoms with van der Waals surface area (Å²) in [6, 6.07) is 0. The van der Waals surface area contributed by atoms with E-state index in [1.165, 1.54) is 0 Å². The van der Waals surface area contributed by atoms with Crippen LogP contribution in [-0.2, 0) is 9.53 Å². The molecule has 0 N–H and O–H groups in total. The first-order chi connectivity index (χ1) is 3.85. The first-order valence-electron chi connectivity index (χ1n) is 2.71. The Morgan fingerprint density at radius 1 is 1.75 bits per heavy atom. The van der Waals surface area contributed by atoms with Crippen molar-refractivity contribution in [3.05, 3.63) is 6.42 Å². The number of hydrogen-bond acceptors (Lipinski definition) is 2. The van der Waals surface area contributed by atoms with E-state index in [0.717, 1.165) is 6.29 Å². The molecule has 1 atom stereocenters. The van der Waals surface area contributed by atoms with E-state index in [1.54, 1.807) is 13.3 Å². The summed E-state index contributed by atoms with van der Waals surface area (Å²) < 4.78 is 4.92. The Kier molecular flexibility index (Phi) is 4.56. The highest BCUT2D eigenvalue weighted by Gasteiger charge is 1.99. The van der Waals surface area contributed by atoms with E-state index < -0.39 is 0 Å². The average Bonchev–Trinajstić information content (AvgIpc) is 1.83. The van der Waals surface area contributed by atoms with E-state index in [2.05, 4.69) is 0 Å². The quantitative estimate of drug-likeness (QED) is 0.507. The largest absolute Gasteiger partial charge is 0.371 e. The van der Waals surface area contributed by atoms with E-state index in [4.69, 9.17) is 4.74 Å². The maximum Gasteiger partial charge on any atom is 0.149 e. The van der Waals surface area contributed by atoms with Gasteiger partial charge in [0.25, 0.3) is 0 Å². The first kappa shape index (κ1) is 7.63. The van der Waals surface area contributed by atoms with E-state index >= 15 is 0 Å². The minimum absolute atomic E-state index is 0.306. The highest BCUT2D eigenvalue weighted by molar-refractivity contribution is 5.57. The molecular formula is C6H11O2. The van der Waals surface area contributed by atoms with Gasteiger partial charge in [-0.3, -0.25) is 0 Å². The fourth-order valence-electron chi connectivity index (χ4n) is 0.407. The van der Waals surface area contributed by atoms with Crippen molar-refractivity contribution in [2.75, 3.05) is 6.61 Å². The lowest BCUT2D eigenvalue weighted by Crippen LogP contribution is -2.12. The predicted molar refractivity (Wildman–Crippen MR) is 31.5 cm³/mol. The van der Waals surface area contributed by atoms with Crippen LogP contribution in [0.25, 0.3) is 0 Å². The Hall–Kier alpha value is -0.370. The van der Waals surface area contributed by atoms with E-state index in [0.29, 0.717) is 6.61 Å². The predicted octanol–water partition coefficient (Wildman–Crippen LogP) is 0.815. The Bertz CT molecular complexity index is 61.5. The lowest BCUT2D eigenvalue weighted by atomic mass is 10.3. The molecule has 0 aromatic heterocycles. The third-order valence-electron chi connectivity index (χ3n) is 0.822. The van der Waals surface area contributed by atoms with Crippen LogP contribution >= 0.6 is 0 Å². The topological polar surface area (TPSA) is 26.3 Å². The van der Waals surface area contributed by atoms with Gasteiger partial charge in [0.15, 0.2) is 0 Å². The minimum Gasteiger partial charge on any atom is -0.371 e. The number of ether oxygens (including phenoxy) is 1. The molecule has 1 radical (unpaired) electrons. The molecular weight excluding hydrogens is 104 g/mol. The molecule has 2 nitrogen and oxygen atoms in total. The van der Waals surface area contributed by atoms with Gasteiger partial charge in [0.05, 0.1) is 0 Å². The normalized spacial score (nSPS) is 13.2. The van der Waals surface area contributed by atoms with Gasteiger partial charge in [0.2, 0.25) is 0 Å². The van der Waals surface area contributed by atoms with Crippen LogP contribution in [-0.4, -0.2) is 19.0 Å². The van der Waals surface area contributed by atoms with Crippen LogP contribution in [0.1, 0.15) is 13.8 Å². The highest BCUT2D eigenvalue weighted by atomic mass is 16.5. The average molecular weight is 115 g/mol. The number of rotatable bonds is 4. The molecule has 0 aromatic carbocycles. The standard InChI is InChI=1S/C6H11O2/c1-3-6(5-7)8-4-2/h3,5-6H,4H2,1-2H3. The summed E-state index contributed by atoms with van der Waals surface area (Å²) in [6.07, 6.45) is 2.19. The minimum atomic E-state index is -0.306. The summed E-state index contributed by atoms with van der Waals surface area (Å²) in [6.45, 7) is 4.25. The molecule has 0 spiro atoms. The SMILES string of the molecule is C[CH]C(C=O)OCC. The molecule has 0 saturated heterocycles. The van der Waals surface area contributed by atoms with Gasteiger partial charge in [-0.2, -0.15) is 0 Å². The Morgan fingerprint density at radius 2 is 2.38 bits per heavy atom. The zero-order valence-electron chi connectivity index (χ0n) is 5.26. The molecule has 0 heterocycles. The van der Waals surface area contributed by atoms with Gasteiger partial charge in [-0.25, -0.2) is 0 Å². The van der Waals surface area contributed by atoms with Gasteiger partial charge in [0.1, 0.15) is 12.4 Å². The zero-order valence-corrected chi connectivity index (χ0v) is 5.26. The van der Waals surface area contributed by atoms with E-state index in [9.17, 15) is 4.79 Å². The van der Waals surface area contributed by atoms with Crippen molar-refractivity contribution in [3.8, 4) is 0 Å². The smallest absolute Gasteiger partial charge is 0.149 e. The van der Waals surface area contributed by atoms with E-state index in [-0.39, 0.29) is 6.10 Å². The lowest BCUT2D eigenvalue weighted by molar-refractivity contribution is -0.116. The number of carbonyl (C=O) groups excluding carboxylic acids is 1. The molecule has 0 aliphatic carbocycles. The van der Waals surface area contributed by atoms with Crippen molar-refractivity contribution in [3.63, 3.8) is 0 Å². The van der Waals surface area contributed by atoms with Gasteiger partial charge in [-0.05, 0) is 13.3 Å². The zero-order chi connectivity index (χ0) is 6.41. The lowest BCUT2D eigenvalue weighted by Gasteiger charge is -2.04. The van der Waals surface area contributed by atoms with E-state index in [1.807, 2.05) is 6.92 Å². The van der Waals surface area contributed by atoms with Crippen LogP contribution in [0.15, 0.2) is 0 Å². The van der Waals surface area contributed by atoms with Crippen LogP contribution in [0.4, 0.5) is 0 Å². The van der Waals surface area contributed by atoms with Crippen molar-refractivity contribution in [1.29, 1.82) is 0 Å². The Morgan fingerprint density at radius 3 is 2.50 bits per heavy atom. The first-order valence-corrected chi connectivity index (χ1v) is 2.71. The van der Waals surface area contributed by atoms with Crippen molar-refractivity contribution in [2.24, 2.45) is 0 Å². The molecule has 0 amide bonds. The molecule has 0 aliphatic heterocycles. The van der Waals surface area contributed by atoms with Gasteiger partial charge in [-0.15, -0.1) is 0 Å². The second-order valence-corrected chi connectivity index (χ2v) is 1.39. The van der Waals surface area contributed by atoms with Crippen molar-refractivity contribution < 1.29 is 9.53 Å². The molecule has 1 unspecified atom stereocenters. The van der Waals surface area contributed by atoms with Crippen molar-refractivity contribution >= 4 is 6.29 Å². The van der Waals surface area contributed by atoms with Gasteiger partial charge in [-0.1, -0.05) is 6.92 Å². The Balaban J connectivity index is 3.21. The fourth-order valence-corrected chi connectivity index (χ4v) is 0.407. The molecule has 0 aliphatic rings. The van der Waals surface area contributed by atoms with Crippen LogP contribution in [0.2, 0.25) is 0 Å². The third-order valence-corrected chi connectivity index (χ3v) is 0.822. The monoisotopic (exact) mass is 115 g/mol. The summed E-state index contributed by atoms with van der Waals surface area (Å²) in [5.41, 5.74) is 0. The number of carbonyl (C=O) groups is 1. The number of hydrogen-bond donors (Lipinski definition) is 0. The van der Waals surface area contributed by atoms with Gasteiger partial charge >= 0.3 is 0 Å². The van der Waals surface area contributed by atoms with Crippen molar-refractivity contribution in [1.82, 2.24) is 0 Å². The molecule has 0 bridgehead atoms. The van der Waals surface area contributed by atoms with Crippen LogP contribution < -0.4 is 0 Å². The molecule has 0 rings (SSSR count). The summed E-state index contributed by atoms with van der Waals surface area (Å²) in [4.78, 5) is 9.97. The maximum atomic E-state index is 9.97. The van der Waals surface area contributed by atoms with Gasteiger partial charge in [0, 0.05) is 6.61 Å². The van der Waals surface area contributed by atoms with Crippen LogP contribution in [0, 0.1) is 6.42 Å². The molecule has 0 saturated carbocycles. The number of aldehydes is 1. The Labute approximate surface area is 49.8 Å².